The summed E-state index contributed by atoms with van der Waals surface area (Å²) in [4.78, 5) is 72.3. The largest absolute Gasteiger partial charge is 0.369 e. The van der Waals surface area contributed by atoms with Crippen LogP contribution in [0.2, 0.25) is 0 Å². The molecule has 1 aromatic heterocycles. The monoisotopic (exact) mass is 644 g/mol. The molecule has 2 aromatic carbocycles. The minimum atomic E-state index is -1.01. The van der Waals surface area contributed by atoms with Crippen molar-refractivity contribution in [3.8, 4) is 11.8 Å². The second kappa shape index (κ2) is 11.5. The van der Waals surface area contributed by atoms with Gasteiger partial charge in [0, 0.05) is 50.2 Å². The van der Waals surface area contributed by atoms with E-state index in [0.29, 0.717) is 43.1 Å². The number of aromatic nitrogens is 2. The van der Waals surface area contributed by atoms with E-state index < -0.39 is 35.2 Å². The normalized spacial score (nSPS) is 19.2. The van der Waals surface area contributed by atoms with Gasteiger partial charge in [0.05, 0.1) is 35.4 Å². The summed E-state index contributed by atoms with van der Waals surface area (Å²) in [6.45, 7) is 13.6. The molecular formula is C35H32N8O5. The molecule has 13 nitrogen and oxygen atoms in total. The van der Waals surface area contributed by atoms with E-state index in [0.717, 1.165) is 21.7 Å². The van der Waals surface area contributed by atoms with E-state index in [1.165, 1.54) is 0 Å². The van der Waals surface area contributed by atoms with Crippen molar-refractivity contribution < 1.29 is 24.0 Å². The van der Waals surface area contributed by atoms with Crippen molar-refractivity contribution in [2.45, 2.75) is 51.4 Å². The van der Waals surface area contributed by atoms with Crippen LogP contribution in [-0.4, -0.2) is 75.3 Å². The van der Waals surface area contributed by atoms with Crippen LogP contribution in [0.1, 0.15) is 64.1 Å². The minimum absolute atomic E-state index is 0.0638. The first-order valence-electron chi connectivity index (χ1n) is 15.6. The average Bonchev–Trinajstić information content (AvgIpc) is 3.74. The molecule has 4 aliphatic rings. The van der Waals surface area contributed by atoms with Crippen molar-refractivity contribution in [3.63, 3.8) is 0 Å². The van der Waals surface area contributed by atoms with Crippen LogP contribution in [-0.2, 0) is 33.0 Å². The molecule has 1 atom stereocenters. The van der Waals surface area contributed by atoms with Crippen molar-refractivity contribution >= 4 is 46.6 Å². The maximum atomic E-state index is 13.4. The quantitative estimate of drug-likeness (QED) is 0.246. The first-order chi connectivity index (χ1) is 22.9. The Morgan fingerprint density at radius 1 is 1.06 bits per heavy atom. The number of hydrogen-bond acceptors (Lipinski definition) is 8. The molecule has 2 N–H and O–H groups in total. The van der Waals surface area contributed by atoms with E-state index in [1.54, 1.807) is 61.3 Å². The number of piperidine rings is 1. The van der Waals surface area contributed by atoms with Gasteiger partial charge < -0.3 is 10.2 Å². The van der Waals surface area contributed by atoms with Crippen LogP contribution >= 0.6 is 0 Å². The summed E-state index contributed by atoms with van der Waals surface area (Å²) in [5.74, 6) is 4.14. The maximum Gasteiger partial charge on any atom is 0.262 e. The molecule has 7 rings (SSSR count). The molecule has 0 aliphatic carbocycles. The van der Waals surface area contributed by atoms with Crippen molar-refractivity contribution in [2.24, 2.45) is 5.92 Å². The SMILES string of the molecule is [C-]#[N+]c1ccc(NC(=O)C(C)(C)n2cc(C#CC3CN(c4ccc5c(c4)C(=O)N(C4CCC(=O)NC4=O)C5=O)C3)cn2)c2c1CN(C)C2. The Balaban J connectivity index is 0.980. The number of carbonyl (C=O) groups is 5. The van der Waals surface area contributed by atoms with E-state index in [1.807, 2.05) is 7.05 Å². The molecular weight excluding hydrogens is 612 g/mol. The van der Waals surface area contributed by atoms with Gasteiger partial charge in [-0.05, 0) is 62.7 Å². The number of amides is 5. The molecule has 5 heterocycles. The van der Waals surface area contributed by atoms with Crippen LogP contribution in [0, 0.1) is 24.3 Å². The van der Waals surface area contributed by atoms with Crippen LogP contribution in [0.15, 0.2) is 42.7 Å². The molecule has 0 radical (unpaired) electrons. The first-order valence-corrected chi connectivity index (χ1v) is 15.6. The van der Waals surface area contributed by atoms with Crippen LogP contribution in [0.4, 0.5) is 17.1 Å². The van der Waals surface area contributed by atoms with Gasteiger partial charge in [-0.1, -0.05) is 17.9 Å². The number of carbonyl (C=O) groups excluding carboxylic acids is 5. The van der Waals surface area contributed by atoms with Crippen LogP contribution in [0.5, 0.6) is 0 Å². The van der Waals surface area contributed by atoms with Gasteiger partial charge in [0.25, 0.3) is 17.7 Å². The van der Waals surface area contributed by atoms with Gasteiger partial charge in [-0.2, -0.15) is 5.10 Å². The molecule has 4 aliphatic heterocycles. The predicted molar refractivity (Wildman–Crippen MR) is 174 cm³/mol. The molecule has 2 saturated heterocycles. The molecule has 242 valence electrons. The first kappa shape index (κ1) is 30.8. The van der Waals surface area contributed by atoms with Gasteiger partial charge in [-0.3, -0.25) is 43.8 Å². The molecule has 0 bridgehead atoms. The molecule has 48 heavy (non-hydrogen) atoms. The second-order valence-electron chi connectivity index (χ2n) is 13.1. The third-order valence-corrected chi connectivity index (χ3v) is 9.43. The van der Waals surface area contributed by atoms with Crippen molar-refractivity contribution in [2.75, 3.05) is 30.4 Å². The lowest BCUT2D eigenvalue weighted by atomic mass is 9.98. The number of benzene rings is 2. The summed E-state index contributed by atoms with van der Waals surface area (Å²) >= 11 is 0. The van der Waals surface area contributed by atoms with Crippen LogP contribution in [0.3, 0.4) is 0 Å². The van der Waals surface area contributed by atoms with Crippen molar-refractivity contribution in [1.29, 1.82) is 0 Å². The summed E-state index contributed by atoms with van der Waals surface area (Å²) in [5, 5.41) is 9.69. The number of anilines is 2. The fourth-order valence-corrected chi connectivity index (χ4v) is 6.55. The Labute approximate surface area is 276 Å². The Morgan fingerprint density at radius 2 is 1.81 bits per heavy atom. The highest BCUT2D eigenvalue weighted by atomic mass is 16.2. The third-order valence-electron chi connectivity index (χ3n) is 9.43. The number of nitrogens with one attached hydrogen (secondary N) is 2. The summed E-state index contributed by atoms with van der Waals surface area (Å²) in [6, 6.07) is 7.60. The number of nitrogens with zero attached hydrogens (tertiary/aromatic N) is 6. The smallest absolute Gasteiger partial charge is 0.262 e. The van der Waals surface area contributed by atoms with E-state index >= 15 is 0 Å². The molecule has 1 unspecified atom stereocenters. The molecule has 2 fully saturated rings. The zero-order chi connectivity index (χ0) is 33.9. The van der Waals surface area contributed by atoms with Gasteiger partial charge in [-0.15, -0.1) is 0 Å². The molecule has 13 heteroatoms. The zero-order valence-electron chi connectivity index (χ0n) is 26.7. The Morgan fingerprint density at radius 3 is 2.56 bits per heavy atom. The lowest BCUT2D eigenvalue weighted by Gasteiger charge is -2.38. The fraction of sp³-hybridized carbons (Fsp3) is 0.343. The lowest BCUT2D eigenvalue weighted by Crippen LogP contribution is -2.54. The standard InChI is InChI=1S/C35H32N8O5/c1-35(2,34(48)38-28-10-9-27(36-3)25-18-40(4)19-26(25)28)42-17-20(14-37-42)5-6-21-15-41(16-21)22-7-8-23-24(13-22)33(47)43(32(23)46)29-11-12-30(44)39-31(29)45/h7-10,13-14,17,21,29H,11-12,15-16,18-19H2,1-2,4H3,(H,38,48)(H,39,44,45). The summed E-state index contributed by atoms with van der Waals surface area (Å²) in [5.41, 5.74) is 4.15. The number of hydrogen-bond donors (Lipinski definition) is 2. The highest BCUT2D eigenvalue weighted by Crippen LogP contribution is 2.37. The second-order valence-corrected chi connectivity index (χ2v) is 13.1. The summed E-state index contributed by atoms with van der Waals surface area (Å²) in [7, 11) is 1.98. The van der Waals surface area contributed by atoms with Gasteiger partial charge in [0.15, 0.2) is 5.69 Å². The minimum Gasteiger partial charge on any atom is -0.369 e. The maximum absolute atomic E-state index is 13.4. The van der Waals surface area contributed by atoms with E-state index in [9.17, 15) is 24.0 Å². The zero-order valence-corrected chi connectivity index (χ0v) is 26.7. The van der Waals surface area contributed by atoms with Gasteiger partial charge in [0.1, 0.15) is 11.6 Å². The molecule has 5 amide bonds. The fourth-order valence-electron chi connectivity index (χ4n) is 6.55. The van der Waals surface area contributed by atoms with Crippen LogP contribution in [0.25, 0.3) is 4.85 Å². The number of rotatable bonds is 5. The molecule has 3 aromatic rings. The van der Waals surface area contributed by atoms with E-state index in [2.05, 4.69) is 42.2 Å². The summed E-state index contributed by atoms with van der Waals surface area (Å²) < 4.78 is 1.60. The van der Waals surface area contributed by atoms with Crippen molar-refractivity contribution in [1.82, 2.24) is 24.9 Å². The topological polar surface area (TPSA) is 141 Å². The van der Waals surface area contributed by atoms with Gasteiger partial charge >= 0.3 is 0 Å². The number of imide groups is 2. The van der Waals surface area contributed by atoms with Crippen LogP contribution < -0.4 is 15.5 Å². The summed E-state index contributed by atoms with van der Waals surface area (Å²) in [6.07, 6.45) is 3.56. The van der Waals surface area contributed by atoms with Gasteiger partial charge in [0.2, 0.25) is 11.8 Å². The predicted octanol–water partition coefficient (Wildman–Crippen LogP) is 2.64. The number of fused-ring (bicyclic) bond motifs is 2. The molecule has 0 spiro atoms. The third kappa shape index (κ3) is 5.18. The Hall–Kier alpha value is -5.79. The van der Waals surface area contributed by atoms with Crippen molar-refractivity contribution in [3.05, 3.63) is 82.0 Å². The molecule has 0 saturated carbocycles. The van der Waals surface area contributed by atoms with E-state index in [4.69, 9.17) is 6.57 Å². The van der Waals surface area contributed by atoms with Gasteiger partial charge in [-0.25, -0.2) is 4.85 Å². The highest BCUT2D eigenvalue weighted by molar-refractivity contribution is 6.23. The Bertz CT molecular complexity index is 2040. The lowest BCUT2D eigenvalue weighted by molar-refractivity contribution is -0.136. The Kier molecular flexibility index (Phi) is 7.37. The highest BCUT2D eigenvalue weighted by Gasteiger charge is 2.45. The van der Waals surface area contributed by atoms with E-state index in [-0.39, 0.29) is 35.8 Å². The average molecular weight is 645 g/mol.